The summed E-state index contributed by atoms with van der Waals surface area (Å²) in [5, 5.41) is 0. The maximum Gasteiger partial charge on any atom is 0.487 e. The molecule has 6 heteroatoms. The highest BCUT2D eigenvalue weighted by Gasteiger charge is 2.49. The molecule has 0 saturated carbocycles. The molecule has 0 unspecified atom stereocenters. The molecule has 2 heterocycles. The number of benzene rings is 1. The van der Waals surface area contributed by atoms with Gasteiger partial charge in [0.25, 0.3) is 0 Å². The summed E-state index contributed by atoms with van der Waals surface area (Å²) in [6.45, 7) is 10.8. The van der Waals surface area contributed by atoms with E-state index in [0.29, 0.717) is 32.7 Å². The summed E-state index contributed by atoms with van der Waals surface area (Å²) in [6, 6.07) is 8.03. The minimum atomic E-state index is -0.362. The Balaban J connectivity index is 1.61. The van der Waals surface area contributed by atoms with Crippen LogP contribution in [0.15, 0.2) is 30.2 Å². The van der Waals surface area contributed by atoms with Gasteiger partial charge in [0.1, 0.15) is 0 Å². The molecule has 0 radical (unpaired) electrons. The van der Waals surface area contributed by atoms with Gasteiger partial charge in [-0.25, -0.2) is 0 Å². The lowest BCUT2D eigenvalue weighted by molar-refractivity contribution is -0.134. The maximum atomic E-state index is 12.4. The van der Waals surface area contributed by atoms with Gasteiger partial charge in [-0.1, -0.05) is 36.3 Å². The molecule has 2 fully saturated rings. The van der Waals surface area contributed by atoms with Gasteiger partial charge in [0.2, 0.25) is 5.91 Å². The molecule has 0 N–H and O–H groups in total. The van der Waals surface area contributed by atoms with Crippen molar-refractivity contribution >= 4 is 19.1 Å². The van der Waals surface area contributed by atoms with Crippen LogP contribution in [0, 0.1) is 0 Å². The van der Waals surface area contributed by atoms with Crippen molar-refractivity contribution in [3.8, 4) is 0 Å². The van der Waals surface area contributed by atoms with Gasteiger partial charge >= 0.3 is 7.12 Å². The average molecular weight is 357 g/mol. The summed E-state index contributed by atoms with van der Waals surface area (Å²) < 4.78 is 17.3. The number of ether oxygens (including phenoxy) is 1. The summed E-state index contributed by atoms with van der Waals surface area (Å²) in [4.78, 5) is 14.3. The van der Waals surface area contributed by atoms with E-state index < -0.39 is 0 Å². The second-order valence-corrected chi connectivity index (χ2v) is 7.90. The molecule has 0 aliphatic carbocycles. The molecule has 0 bridgehead atoms. The van der Waals surface area contributed by atoms with Crippen LogP contribution in [0.25, 0.3) is 6.08 Å². The maximum absolute atomic E-state index is 12.4. The van der Waals surface area contributed by atoms with E-state index >= 15 is 0 Å². The van der Waals surface area contributed by atoms with E-state index in [-0.39, 0.29) is 24.2 Å². The first-order valence-electron chi connectivity index (χ1n) is 9.25. The number of carbonyl (C=O) groups excluding carboxylic acids is 1. The van der Waals surface area contributed by atoms with Gasteiger partial charge in [0.05, 0.1) is 30.8 Å². The lowest BCUT2D eigenvalue weighted by atomic mass is 9.89. The topological polar surface area (TPSA) is 48.0 Å². The van der Waals surface area contributed by atoms with Crippen LogP contribution in [0.2, 0.25) is 0 Å². The van der Waals surface area contributed by atoms with Gasteiger partial charge in [-0.2, -0.15) is 0 Å². The smallest absolute Gasteiger partial charge is 0.400 e. The monoisotopic (exact) mass is 357 g/mol. The molecule has 1 aromatic rings. The Kier molecular flexibility index (Phi) is 5.56. The molecule has 2 aliphatic rings. The number of morpholine rings is 1. The third-order valence-corrected chi connectivity index (χ3v) is 5.39. The van der Waals surface area contributed by atoms with Crippen LogP contribution in [-0.2, 0) is 25.3 Å². The van der Waals surface area contributed by atoms with Gasteiger partial charge in [0.15, 0.2) is 0 Å². The molecule has 3 rings (SSSR count). The zero-order valence-electron chi connectivity index (χ0n) is 16.2. The van der Waals surface area contributed by atoms with Gasteiger partial charge in [-0.15, -0.1) is 0 Å². The van der Waals surface area contributed by atoms with E-state index in [1.165, 1.54) is 0 Å². The fraction of sp³-hybridized carbons (Fsp3) is 0.550. The Morgan fingerprint density at radius 1 is 1.15 bits per heavy atom. The molecular formula is C20H28BNO4. The number of carbonyl (C=O) groups is 1. The average Bonchev–Trinajstić information content (AvgIpc) is 2.81. The number of hydrogen-bond acceptors (Lipinski definition) is 4. The Bertz CT molecular complexity index is 664. The molecular weight excluding hydrogens is 329 g/mol. The van der Waals surface area contributed by atoms with E-state index in [0.717, 1.165) is 11.1 Å². The highest BCUT2D eigenvalue weighted by atomic mass is 16.7. The molecule has 0 spiro atoms. The molecule has 2 aliphatic heterocycles. The lowest BCUT2D eigenvalue weighted by Crippen LogP contribution is -2.41. The van der Waals surface area contributed by atoms with Crippen molar-refractivity contribution in [2.75, 3.05) is 26.3 Å². The van der Waals surface area contributed by atoms with Gasteiger partial charge in [-0.05, 0) is 38.8 Å². The van der Waals surface area contributed by atoms with Crippen LogP contribution in [0.5, 0.6) is 0 Å². The fourth-order valence-electron chi connectivity index (χ4n) is 3.06. The van der Waals surface area contributed by atoms with Crippen LogP contribution >= 0.6 is 0 Å². The van der Waals surface area contributed by atoms with Crippen molar-refractivity contribution in [1.29, 1.82) is 0 Å². The van der Waals surface area contributed by atoms with Crippen molar-refractivity contribution in [2.45, 2.75) is 45.3 Å². The highest BCUT2D eigenvalue weighted by Crippen LogP contribution is 2.37. The van der Waals surface area contributed by atoms with Crippen LogP contribution in [0.4, 0.5) is 0 Å². The van der Waals surface area contributed by atoms with E-state index in [1.54, 1.807) is 0 Å². The molecule has 5 nitrogen and oxygen atoms in total. The minimum Gasteiger partial charge on any atom is -0.400 e. The van der Waals surface area contributed by atoms with Crippen molar-refractivity contribution in [1.82, 2.24) is 4.90 Å². The van der Waals surface area contributed by atoms with Gasteiger partial charge in [-0.3, -0.25) is 4.79 Å². The van der Waals surface area contributed by atoms with E-state index in [1.807, 2.05) is 68.9 Å². The summed E-state index contributed by atoms with van der Waals surface area (Å²) >= 11 is 0. The number of hydrogen-bond donors (Lipinski definition) is 0. The predicted octanol–water partition coefficient (Wildman–Crippen LogP) is 2.73. The molecule has 0 aromatic heterocycles. The normalized spacial score (nSPS) is 22.2. The van der Waals surface area contributed by atoms with Crippen LogP contribution in [0.3, 0.4) is 0 Å². The third kappa shape index (κ3) is 4.37. The third-order valence-electron chi connectivity index (χ3n) is 5.39. The second kappa shape index (κ2) is 7.55. The summed E-state index contributed by atoms with van der Waals surface area (Å²) in [7, 11) is -0.362. The molecule has 2 saturated heterocycles. The largest absolute Gasteiger partial charge is 0.487 e. The zero-order chi connectivity index (χ0) is 18.8. The lowest BCUT2D eigenvalue weighted by Gasteiger charge is -2.32. The summed E-state index contributed by atoms with van der Waals surface area (Å²) in [6.07, 6.45) is 2.41. The summed E-state index contributed by atoms with van der Waals surface area (Å²) in [5.74, 6) is 2.08. The Hall–Kier alpha value is -1.63. The highest BCUT2D eigenvalue weighted by molar-refractivity contribution is 6.52. The first kappa shape index (κ1) is 19.1. The standard InChI is InChI=1S/C20H28BNO4/c1-19(2)20(3,4)26-21(25-19)9-8-16-6-5-7-17(14-16)15-18(23)22-10-12-24-13-11-22/h5-9,14H,10-13,15H2,1-4H3. The zero-order valence-corrected chi connectivity index (χ0v) is 16.2. The number of amides is 1. The Morgan fingerprint density at radius 2 is 1.81 bits per heavy atom. The molecule has 140 valence electrons. The molecule has 0 atom stereocenters. The number of nitrogens with zero attached hydrogens (tertiary/aromatic N) is 1. The SMILES string of the molecule is CC1(C)OB(C=Cc2cccc(CC(=O)N3CCOCC3)c2)OC1(C)C. The van der Waals surface area contributed by atoms with Gasteiger partial charge in [0, 0.05) is 13.1 Å². The van der Waals surface area contributed by atoms with Crippen LogP contribution < -0.4 is 0 Å². The first-order chi connectivity index (χ1) is 12.3. The minimum absolute atomic E-state index is 0.153. The molecule has 1 aromatic carbocycles. The van der Waals surface area contributed by atoms with Gasteiger partial charge < -0.3 is 18.9 Å². The number of rotatable bonds is 4. The van der Waals surface area contributed by atoms with Crippen LogP contribution in [-0.4, -0.2) is 55.4 Å². The molecule has 1 amide bonds. The molecule has 26 heavy (non-hydrogen) atoms. The predicted molar refractivity (Wildman–Crippen MR) is 103 cm³/mol. The summed E-state index contributed by atoms with van der Waals surface area (Å²) in [5.41, 5.74) is 1.37. The van der Waals surface area contributed by atoms with E-state index in [9.17, 15) is 4.79 Å². The fourth-order valence-corrected chi connectivity index (χ4v) is 3.06. The Morgan fingerprint density at radius 3 is 2.46 bits per heavy atom. The van der Waals surface area contributed by atoms with Crippen molar-refractivity contribution in [2.24, 2.45) is 0 Å². The van der Waals surface area contributed by atoms with Crippen molar-refractivity contribution in [3.05, 3.63) is 41.4 Å². The van der Waals surface area contributed by atoms with Crippen LogP contribution in [0.1, 0.15) is 38.8 Å². The van der Waals surface area contributed by atoms with E-state index in [4.69, 9.17) is 14.0 Å². The van der Waals surface area contributed by atoms with Crippen molar-refractivity contribution in [3.63, 3.8) is 0 Å². The van der Waals surface area contributed by atoms with Crippen molar-refractivity contribution < 1.29 is 18.8 Å². The first-order valence-corrected chi connectivity index (χ1v) is 9.25. The quantitative estimate of drug-likeness (QED) is 0.778. The second-order valence-electron chi connectivity index (χ2n) is 7.90. The van der Waals surface area contributed by atoms with E-state index in [2.05, 4.69) is 0 Å². The Labute approximate surface area is 156 Å².